The molecule has 3 rings (SSSR count). The van der Waals surface area contributed by atoms with Gasteiger partial charge in [-0.05, 0) is 29.3 Å². The van der Waals surface area contributed by atoms with Crippen molar-refractivity contribution in [3.63, 3.8) is 0 Å². The molecule has 0 saturated carbocycles. The minimum atomic E-state index is -0.226. The number of amides is 1. The first-order valence-corrected chi connectivity index (χ1v) is 7.81. The highest BCUT2D eigenvalue weighted by molar-refractivity contribution is 6.30. The number of halogens is 1. The van der Waals surface area contributed by atoms with E-state index in [0.717, 1.165) is 16.8 Å². The lowest BCUT2D eigenvalue weighted by Crippen LogP contribution is -2.23. The number of benzene rings is 2. The molecule has 0 bridgehead atoms. The maximum absolute atomic E-state index is 12.3. The second-order valence-electron chi connectivity index (χ2n) is 5.26. The van der Waals surface area contributed by atoms with Crippen molar-refractivity contribution in [3.05, 3.63) is 82.6 Å². The minimum absolute atomic E-state index is 0.0568. The second kappa shape index (κ2) is 7.29. The molecule has 0 fully saturated rings. The number of aliphatic hydroxyl groups excluding tert-OH is 1. The zero-order chi connectivity index (χ0) is 16.9. The van der Waals surface area contributed by atoms with E-state index < -0.39 is 0 Å². The highest BCUT2D eigenvalue weighted by Gasteiger charge is 2.10. The summed E-state index contributed by atoms with van der Waals surface area (Å²) in [6, 6.07) is 14.7. The number of aliphatic hydroxyl groups is 1. The van der Waals surface area contributed by atoms with Gasteiger partial charge in [-0.15, -0.1) is 0 Å². The zero-order valence-corrected chi connectivity index (χ0v) is 13.6. The molecule has 0 aliphatic carbocycles. The standard InChI is InChI=1S/C18H16ClN3O2/c19-16-6-3-7-17(8-16)22-11-15(10-21-22)18(24)20-9-13-4-1-2-5-14(13)12-23/h1-8,10-11,23H,9,12H2,(H,20,24). The summed E-state index contributed by atoms with van der Waals surface area (Å²) in [7, 11) is 0. The Kier molecular flexibility index (Phi) is 4.93. The lowest BCUT2D eigenvalue weighted by molar-refractivity contribution is 0.0950. The van der Waals surface area contributed by atoms with Gasteiger partial charge in [-0.25, -0.2) is 4.68 Å². The SMILES string of the molecule is O=C(NCc1ccccc1CO)c1cnn(-c2cccc(Cl)c2)c1. The van der Waals surface area contributed by atoms with Crippen LogP contribution < -0.4 is 5.32 Å². The fraction of sp³-hybridized carbons (Fsp3) is 0.111. The molecular formula is C18H16ClN3O2. The Balaban J connectivity index is 1.70. The molecule has 0 aliphatic rings. The zero-order valence-electron chi connectivity index (χ0n) is 12.8. The molecule has 0 spiro atoms. The lowest BCUT2D eigenvalue weighted by Gasteiger charge is -2.08. The van der Waals surface area contributed by atoms with Crippen LogP contribution >= 0.6 is 11.6 Å². The monoisotopic (exact) mass is 341 g/mol. The van der Waals surface area contributed by atoms with Crippen LogP contribution in [0.5, 0.6) is 0 Å². The van der Waals surface area contributed by atoms with Crippen LogP contribution in [0.25, 0.3) is 5.69 Å². The van der Waals surface area contributed by atoms with E-state index in [2.05, 4.69) is 10.4 Å². The summed E-state index contributed by atoms with van der Waals surface area (Å²) >= 11 is 5.97. The summed E-state index contributed by atoms with van der Waals surface area (Å²) in [5, 5.41) is 17.0. The predicted molar refractivity (Wildman–Crippen MR) is 92.1 cm³/mol. The van der Waals surface area contributed by atoms with Crippen molar-refractivity contribution in [1.82, 2.24) is 15.1 Å². The van der Waals surface area contributed by atoms with Gasteiger partial charge in [0.15, 0.2) is 0 Å². The topological polar surface area (TPSA) is 67.2 Å². The molecule has 0 unspecified atom stereocenters. The van der Waals surface area contributed by atoms with Crippen molar-refractivity contribution in [2.24, 2.45) is 0 Å². The number of carbonyl (C=O) groups is 1. The Morgan fingerprint density at radius 3 is 2.71 bits per heavy atom. The third-order valence-corrected chi connectivity index (χ3v) is 3.88. The Bertz CT molecular complexity index is 861. The van der Waals surface area contributed by atoms with Crippen LogP contribution in [0.1, 0.15) is 21.5 Å². The average Bonchev–Trinajstić information content (AvgIpc) is 3.10. The number of nitrogens with one attached hydrogen (secondary N) is 1. The van der Waals surface area contributed by atoms with E-state index in [9.17, 15) is 9.90 Å². The molecule has 1 amide bonds. The molecule has 24 heavy (non-hydrogen) atoms. The molecular weight excluding hydrogens is 326 g/mol. The molecule has 0 radical (unpaired) electrons. The normalized spacial score (nSPS) is 10.6. The number of carbonyl (C=O) groups excluding carboxylic acids is 1. The van der Waals surface area contributed by atoms with Crippen LogP contribution in [0.3, 0.4) is 0 Å². The van der Waals surface area contributed by atoms with Crippen molar-refractivity contribution in [2.75, 3.05) is 0 Å². The lowest BCUT2D eigenvalue weighted by atomic mass is 10.1. The third kappa shape index (κ3) is 3.64. The molecule has 3 aromatic rings. The molecule has 2 N–H and O–H groups in total. The summed E-state index contributed by atoms with van der Waals surface area (Å²) < 4.78 is 1.60. The second-order valence-corrected chi connectivity index (χ2v) is 5.70. The summed E-state index contributed by atoms with van der Waals surface area (Å²) in [6.45, 7) is 0.288. The van der Waals surface area contributed by atoms with Crippen molar-refractivity contribution in [2.45, 2.75) is 13.2 Å². The van der Waals surface area contributed by atoms with E-state index in [-0.39, 0.29) is 12.5 Å². The van der Waals surface area contributed by atoms with Crippen molar-refractivity contribution in [1.29, 1.82) is 0 Å². The van der Waals surface area contributed by atoms with Crippen LogP contribution in [0.15, 0.2) is 60.9 Å². The highest BCUT2D eigenvalue weighted by atomic mass is 35.5. The first-order chi connectivity index (χ1) is 11.7. The van der Waals surface area contributed by atoms with E-state index in [1.807, 2.05) is 36.4 Å². The average molecular weight is 342 g/mol. The Hall–Kier alpha value is -2.63. The van der Waals surface area contributed by atoms with E-state index in [1.54, 1.807) is 23.0 Å². The molecule has 0 saturated heterocycles. The van der Waals surface area contributed by atoms with Gasteiger partial charge in [0.1, 0.15) is 0 Å². The van der Waals surface area contributed by atoms with Crippen LogP contribution in [0, 0.1) is 0 Å². The molecule has 1 heterocycles. The predicted octanol–water partition coefficient (Wildman–Crippen LogP) is 2.95. The molecule has 122 valence electrons. The van der Waals surface area contributed by atoms with E-state index in [0.29, 0.717) is 17.1 Å². The van der Waals surface area contributed by atoms with Gasteiger partial charge >= 0.3 is 0 Å². The fourth-order valence-electron chi connectivity index (χ4n) is 2.36. The summed E-state index contributed by atoms with van der Waals surface area (Å²) in [5.74, 6) is -0.226. The van der Waals surface area contributed by atoms with Gasteiger partial charge in [-0.2, -0.15) is 5.10 Å². The van der Waals surface area contributed by atoms with Crippen molar-refractivity contribution >= 4 is 17.5 Å². The van der Waals surface area contributed by atoms with Gasteiger partial charge in [0.25, 0.3) is 5.91 Å². The van der Waals surface area contributed by atoms with Gasteiger partial charge in [-0.1, -0.05) is 41.9 Å². The first-order valence-electron chi connectivity index (χ1n) is 7.44. The third-order valence-electron chi connectivity index (χ3n) is 3.65. The summed E-state index contributed by atoms with van der Waals surface area (Å²) in [6.07, 6.45) is 3.16. The largest absolute Gasteiger partial charge is 0.392 e. The minimum Gasteiger partial charge on any atom is -0.392 e. The Labute approximate surface area is 144 Å². The molecule has 2 aromatic carbocycles. The summed E-state index contributed by atoms with van der Waals surface area (Å²) in [4.78, 5) is 12.3. The smallest absolute Gasteiger partial charge is 0.254 e. The van der Waals surface area contributed by atoms with Gasteiger partial charge in [0, 0.05) is 17.8 Å². The first kappa shape index (κ1) is 16.2. The van der Waals surface area contributed by atoms with Crippen LogP contribution in [0.2, 0.25) is 5.02 Å². The Morgan fingerprint density at radius 1 is 1.17 bits per heavy atom. The van der Waals surface area contributed by atoms with E-state index in [1.165, 1.54) is 6.20 Å². The number of rotatable bonds is 5. The molecule has 1 aromatic heterocycles. The van der Waals surface area contributed by atoms with E-state index in [4.69, 9.17) is 11.6 Å². The number of hydrogen-bond donors (Lipinski definition) is 2. The van der Waals surface area contributed by atoms with E-state index >= 15 is 0 Å². The number of nitrogens with zero attached hydrogens (tertiary/aromatic N) is 2. The van der Waals surface area contributed by atoms with Crippen LogP contribution in [0.4, 0.5) is 0 Å². The highest BCUT2D eigenvalue weighted by Crippen LogP contribution is 2.15. The van der Waals surface area contributed by atoms with Crippen LogP contribution in [-0.2, 0) is 13.2 Å². The van der Waals surface area contributed by atoms with Gasteiger partial charge in [-0.3, -0.25) is 4.79 Å². The maximum Gasteiger partial charge on any atom is 0.254 e. The fourth-order valence-corrected chi connectivity index (χ4v) is 2.55. The van der Waals surface area contributed by atoms with Gasteiger partial charge in [0.05, 0.1) is 24.1 Å². The Morgan fingerprint density at radius 2 is 1.96 bits per heavy atom. The molecule has 0 aliphatic heterocycles. The molecule has 6 heteroatoms. The number of hydrogen-bond acceptors (Lipinski definition) is 3. The quantitative estimate of drug-likeness (QED) is 0.749. The number of aromatic nitrogens is 2. The molecule has 0 atom stereocenters. The van der Waals surface area contributed by atoms with Gasteiger partial charge < -0.3 is 10.4 Å². The van der Waals surface area contributed by atoms with Crippen molar-refractivity contribution in [3.8, 4) is 5.69 Å². The van der Waals surface area contributed by atoms with Crippen LogP contribution in [-0.4, -0.2) is 20.8 Å². The summed E-state index contributed by atoms with van der Waals surface area (Å²) in [5.41, 5.74) is 2.92. The van der Waals surface area contributed by atoms with Crippen molar-refractivity contribution < 1.29 is 9.90 Å². The van der Waals surface area contributed by atoms with Gasteiger partial charge in [0.2, 0.25) is 0 Å². The molecule has 5 nitrogen and oxygen atoms in total. The maximum atomic E-state index is 12.3.